The summed E-state index contributed by atoms with van der Waals surface area (Å²) in [5, 5.41) is 3.59. The number of hydrogen-bond acceptors (Lipinski definition) is 3. The lowest BCUT2D eigenvalue weighted by Gasteiger charge is -2.22. The number of rotatable bonds is 8. The molecule has 0 saturated heterocycles. The number of imidazole rings is 1. The smallest absolute Gasteiger partial charge is 0.246 e. The maximum atomic E-state index is 13.0. The molecule has 1 aromatic heterocycles. The number of benzene rings is 2. The summed E-state index contributed by atoms with van der Waals surface area (Å²) in [5.74, 6) is 0.456. The quantitative estimate of drug-likeness (QED) is 0.480. The zero-order chi connectivity index (χ0) is 23.5. The first kappa shape index (κ1) is 23.1. The molecule has 3 aromatic rings. The van der Waals surface area contributed by atoms with E-state index in [9.17, 15) is 9.59 Å². The number of amides is 2. The Balaban J connectivity index is 1.59. The van der Waals surface area contributed by atoms with E-state index in [-0.39, 0.29) is 30.3 Å². The molecule has 7 heteroatoms. The van der Waals surface area contributed by atoms with Gasteiger partial charge in [0.15, 0.2) is 0 Å². The van der Waals surface area contributed by atoms with E-state index in [0.29, 0.717) is 17.4 Å². The van der Waals surface area contributed by atoms with Crippen molar-refractivity contribution >= 4 is 29.4 Å². The number of nitrogens with one attached hydrogen (secondary N) is 1. The molecule has 2 aromatic carbocycles. The summed E-state index contributed by atoms with van der Waals surface area (Å²) >= 11 is 6.04. The largest absolute Gasteiger partial charge is 0.330 e. The number of aromatic nitrogens is 2. The van der Waals surface area contributed by atoms with Gasteiger partial charge < -0.3 is 4.90 Å². The predicted octanol–water partition coefficient (Wildman–Crippen LogP) is 5.48. The van der Waals surface area contributed by atoms with Crippen LogP contribution in [0.2, 0.25) is 5.02 Å². The van der Waals surface area contributed by atoms with Gasteiger partial charge in [-0.1, -0.05) is 55.3 Å². The first-order valence-electron chi connectivity index (χ1n) is 11.3. The molecule has 1 saturated carbocycles. The van der Waals surface area contributed by atoms with Gasteiger partial charge >= 0.3 is 0 Å². The number of carbonyl (C=O) groups is 2. The predicted molar refractivity (Wildman–Crippen MR) is 132 cm³/mol. The van der Waals surface area contributed by atoms with Crippen LogP contribution in [0.25, 0.3) is 16.9 Å². The van der Waals surface area contributed by atoms with Crippen molar-refractivity contribution in [1.82, 2.24) is 14.5 Å². The van der Waals surface area contributed by atoms with Gasteiger partial charge in [-0.3, -0.25) is 19.5 Å². The third kappa shape index (κ3) is 5.82. The first-order valence-corrected chi connectivity index (χ1v) is 11.7. The van der Waals surface area contributed by atoms with Gasteiger partial charge in [-0.2, -0.15) is 0 Å². The Kier molecular flexibility index (Phi) is 6.84. The zero-order valence-electron chi connectivity index (χ0n) is 19.2. The van der Waals surface area contributed by atoms with Crippen LogP contribution in [0.5, 0.6) is 0 Å². The van der Waals surface area contributed by atoms with E-state index in [1.165, 1.54) is 0 Å². The van der Waals surface area contributed by atoms with E-state index >= 15 is 0 Å². The van der Waals surface area contributed by atoms with E-state index in [0.717, 1.165) is 35.3 Å². The van der Waals surface area contributed by atoms with Crippen LogP contribution >= 0.6 is 11.6 Å². The molecule has 1 aliphatic carbocycles. The van der Waals surface area contributed by atoms with Crippen molar-refractivity contribution in [2.45, 2.75) is 46.1 Å². The summed E-state index contributed by atoms with van der Waals surface area (Å²) < 4.78 is 1.86. The number of carbonyl (C=O) groups excluding carboxylic acids is 2. The fourth-order valence-electron chi connectivity index (χ4n) is 3.72. The van der Waals surface area contributed by atoms with E-state index < -0.39 is 0 Å². The molecule has 0 atom stereocenters. The standard InChI is InChI=1S/C26H29ClN4O2/c1-17(2)14-25(33)30(21-12-13-21)16-24(32)29-26-28-23(19-6-8-20(27)9-7-19)15-31(26)22-10-4-18(3)5-11-22/h4-11,15,17,21H,12-14,16H2,1-3H3,(H,28,29,32). The van der Waals surface area contributed by atoms with Gasteiger partial charge in [-0.25, -0.2) is 4.98 Å². The molecule has 1 aliphatic rings. The zero-order valence-corrected chi connectivity index (χ0v) is 20.0. The minimum absolute atomic E-state index is 0.0337. The number of nitrogens with zero attached hydrogens (tertiary/aromatic N) is 3. The second kappa shape index (κ2) is 9.79. The monoisotopic (exact) mass is 464 g/mol. The fourth-order valence-corrected chi connectivity index (χ4v) is 3.85. The molecule has 4 rings (SSSR count). The summed E-state index contributed by atoms with van der Waals surface area (Å²) in [5.41, 5.74) is 3.65. The number of halogens is 1. The summed E-state index contributed by atoms with van der Waals surface area (Å²) in [6.45, 7) is 6.09. The highest BCUT2D eigenvalue weighted by atomic mass is 35.5. The van der Waals surface area contributed by atoms with Crippen LogP contribution in [-0.2, 0) is 9.59 Å². The second-order valence-corrected chi connectivity index (χ2v) is 9.50. The Labute approximate surface area is 199 Å². The SMILES string of the molecule is Cc1ccc(-n2cc(-c3ccc(Cl)cc3)nc2NC(=O)CN(C(=O)CC(C)C)C2CC2)cc1. The molecule has 1 N–H and O–H groups in total. The molecule has 1 fully saturated rings. The molecule has 0 radical (unpaired) electrons. The summed E-state index contributed by atoms with van der Waals surface area (Å²) in [7, 11) is 0. The van der Waals surface area contributed by atoms with Crippen LogP contribution in [0.15, 0.2) is 54.7 Å². The molecule has 2 amide bonds. The molecule has 0 bridgehead atoms. The van der Waals surface area contributed by atoms with E-state index in [2.05, 4.69) is 5.32 Å². The van der Waals surface area contributed by atoms with E-state index in [4.69, 9.17) is 16.6 Å². The van der Waals surface area contributed by atoms with Gasteiger partial charge in [-0.15, -0.1) is 0 Å². The van der Waals surface area contributed by atoms with Gasteiger partial charge in [0.25, 0.3) is 0 Å². The molecular weight excluding hydrogens is 436 g/mol. The Morgan fingerprint density at radius 1 is 1.12 bits per heavy atom. The van der Waals surface area contributed by atoms with Crippen LogP contribution in [-0.4, -0.2) is 38.9 Å². The molecule has 172 valence electrons. The Bertz CT molecular complexity index is 1130. The van der Waals surface area contributed by atoms with E-state index in [1.54, 1.807) is 4.90 Å². The second-order valence-electron chi connectivity index (χ2n) is 9.06. The van der Waals surface area contributed by atoms with Crippen molar-refractivity contribution in [3.63, 3.8) is 0 Å². The summed E-state index contributed by atoms with van der Waals surface area (Å²) in [4.78, 5) is 32.1. The molecule has 0 unspecified atom stereocenters. The van der Waals surface area contributed by atoms with Gasteiger partial charge in [-0.05, 0) is 49.9 Å². The fraction of sp³-hybridized carbons (Fsp3) is 0.346. The van der Waals surface area contributed by atoms with Crippen molar-refractivity contribution in [3.8, 4) is 16.9 Å². The minimum Gasteiger partial charge on any atom is -0.330 e. The topological polar surface area (TPSA) is 67.2 Å². The molecular formula is C26H29ClN4O2. The van der Waals surface area contributed by atoms with Crippen LogP contribution in [0.3, 0.4) is 0 Å². The number of aryl methyl sites for hydroxylation is 1. The van der Waals surface area contributed by atoms with E-state index in [1.807, 2.05) is 80.1 Å². The van der Waals surface area contributed by atoms with Gasteiger partial charge in [0.1, 0.15) is 6.54 Å². The van der Waals surface area contributed by atoms with Crippen molar-refractivity contribution < 1.29 is 9.59 Å². The van der Waals surface area contributed by atoms with Crippen molar-refractivity contribution in [2.75, 3.05) is 11.9 Å². The third-order valence-corrected chi connectivity index (χ3v) is 5.87. The van der Waals surface area contributed by atoms with Crippen molar-refractivity contribution in [2.24, 2.45) is 5.92 Å². The van der Waals surface area contributed by atoms with Gasteiger partial charge in [0.05, 0.1) is 5.69 Å². The summed E-state index contributed by atoms with van der Waals surface area (Å²) in [6.07, 6.45) is 4.25. The molecule has 0 spiro atoms. The van der Waals surface area contributed by atoms with Crippen molar-refractivity contribution in [3.05, 3.63) is 65.3 Å². The Morgan fingerprint density at radius 3 is 2.39 bits per heavy atom. The normalized spacial score (nSPS) is 13.2. The molecule has 6 nitrogen and oxygen atoms in total. The van der Waals surface area contributed by atoms with Crippen LogP contribution in [0.1, 0.15) is 38.7 Å². The molecule has 1 heterocycles. The minimum atomic E-state index is -0.249. The Morgan fingerprint density at radius 2 is 1.79 bits per heavy atom. The molecule has 0 aliphatic heterocycles. The average molecular weight is 465 g/mol. The molecule has 33 heavy (non-hydrogen) atoms. The average Bonchev–Trinajstić information content (AvgIpc) is 3.53. The van der Waals surface area contributed by atoms with Crippen LogP contribution in [0.4, 0.5) is 5.95 Å². The van der Waals surface area contributed by atoms with Gasteiger partial charge in [0, 0.05) is 34.9 Å². The Hall–Kier alpha value is -3.12. The maximum absolute atomic E-state index is 13.0. The van der Waals surface area contributed by atoms with Crippen LogP contribution < -0.4 is 5.32 Å². The lowest BCUT2D eigenvalue weighted by atomic mass is 10.1. The summed E-state index contributed by atoms with van der Waals surface area (Å²) in [6, 6.07) is 15.6. The third-order valence-electron chi connectivity index (χ3n) is 5.61. The lowest BCUT2D eigenvalue weighted by molar-refractivity contribution is -0.135. The highest BCUT2D eigenvalue weighted by Crippen LogP contribution is 2.29. The number of hydrogen-bond donors (Lipinski definition) is 1. The van der Waals surface area contributed by atoms with Crippen LogP contribution in [0, 0.1) is 12.8 Å². The van der Waals surface area contributed by atoms with Crippen molar-refractivity contribution in [1.29, 1.82) is 0 Å². The first-order chi connectivity index (χ1) is 15.8. The van der Waals surface area contributed by atoms with Gasteiger partial charge in [0.2, 0.25) is 17.8 Å². The lowest BCUT2D eigenvalue weighted by Crippen LogP contribution is -2.40. The highest BCUT2D eigenvalue weighted by Gasteiger charge is 2.34. The maximum Gasteiger partial charge on any atom is 0.246 e. The number of anilines is 1. The highest BCUT2D eigenvalue weighted by molar-refractivity contribution is 6.30.